The Labute approximate surface area is 131 Å². The third kappa shape index (κ3) is 5.28. The number of anilines is 1. The third-order valence-corrected chi connectivity index (χ3v) is 2.74. The van der Waals surface area contributed by atoms with Crippen LogP contribution in [-0.4, -0.2) is 6.21 Å². The van der Waals surface area contributed by atoms with Gasteiger partial charge in [-0.15, -0.1) is 12.4 Å². The molecule has 0 aromatic heterocycles. The number of alkyl halides is 3. The Kier molecular flexibility index (Phi) is 6.05. The van der Waals surface area contributed by atoms with Crippen molar-refractivity contribution in [1.29, 1.82) is 0 Å². The number of hydrogen-bond acceptors (Lipinski definition) is 2. The van der Waals surface area contributed by atoms with Crippen LogP contribution < -0.4 is 5.43 Å². The lowest BCUT2D eigenvalue weighted by Gasteiger charge is -2.05. The number of halogens is 5. The molecule has 0 unspecified atom stereocenters. The molecular weight excluding hydrogens is 324 g/mol. The van der Waals surface area contributed by atoms with Crippen molar-refractivity contribution >= 4 is 35.9 Å². The minimum Gasteiger partial charge on any atom is -0.279 e. The van der Waals surface area contributed by atoms with Crippen molar-refractivity contribution in [3.63, 3.8) is 0 Å². The highest BCUT2D eigenvalue weighted by molar-refractivity contribution is 6.30. The highest BCUT2D eigenvalue weighted by atomic mass is 35.5. The second-order valence-electron chi connectivity index (χ2n) is 4.00. The molecule has 0 fully saturated rings. The van der Waals surface area contributed by atoms with E-state index in [0.717, 1.165) is 17.8 Å². The van der Waals surface area contributed by atoms with Crippen LogP contribution in [0.15, 0.2) is 53.6 Å². The number of benzene rings is 2. The van der Waals surface area contributed by atoms with Crippen LogP contribution in [-0.2, 0) is 6.18 Å². The van der Waals surface area contributed by atoms with Crippen molar-refractivity contribution in [2.45, 2.75) is 6.18 Å². The van der Waals surface area contributed by atoms with Crippen LogP contribution in [0, 0.1) is 0 Å². The molecule has 2 aromatic carbocycles. The van der Waals surface area contributed by atoms with Gasteiger partial charge < -0.3 is 0 Å². The first-order valence-electron chi connectivity index (χ1n) is 5.67. The third-order valence-electron chi connectivity index (χ3n) is 2.49. The highest BCUT2D eigenvalue weighted by Gasteiger charge is 2.29. The van der Waals surface area contributed by atoms with Gasteiger partial charge in [-0.1, -0.05) is 23.7 Å². The molecule has 112 valence electrons. The summed E-state index contributed by atoms with van der Waals surface area (Å²) in [6.45, 7) is 0. The van der Waals surface area contributed by atoms with Gasteiger partial charge in [0, 0.05) is 5.02 Å². The first kappa shape index (κ1) is 17.3. The van der Waals surface area contributed by atoms with Crippen molar-refractivity contribution < 1.29 is 13.2 Å². The van der Waals surface area contributed by atoms with E-state index in [0.29, 0.717) is 10.6 Å². The van der Waals surface area contributed by atoms with E-state index in [4.69, 9.17) is 11.6 Å². The average molecular weight is 335 g/mol. The van der Waals surface area contributed by atoms with E-state index in [2.05, 4.69) is 10.5 Å². The van der Waals surface area contributed by atoms with Crippen LogP contribution in [0.1, 0.15) is 11.1 Å². The molecule has 2 aromatic rings. The minimum atomic E-state index is -4.32. The molecule has 7 heteroatoms. The van der Waals surface area contributed by atoms with E-state index in [1.165, 1.54) is 18.3 Å². The van der Waals surface area contributed by atoms with E-state index >= 15 is 0 Å². The van der Waals surface area contributed by atoms with Crippen molar-refractivity contribution in [2.24, 2.45) is 5.10 Å². The highest BCUT2D eigenvalue weighted by Crippen LogP contribution is 2.28. The van der Waals surface area contributed by atoms with Gasteiger partial charge in [-0.05, 0) is 42.0 Å². The van der Waals surface area contributed by atoms with Gasteiger partial charge in [-0.25, -0.2) is 0 Å². The monoisotopic (exact) mass is 334 g/mol. The predicted molar refractivity (Wildman–Crippen MR) is 81.4 cm³/mol. The number of nitrogens with one attached hydrogen (secondary N) is 1. The Morgan fingerprint density at radius 3 is 2.05 bits per heavy atom. The molecule has 0 bridgehead atoms. The summed E-state index contributed by atoms with van der Waals surface area (Å²) in [6, 6.07) is 11.6. The topological polar surface area (TPSA) is 24.4 Å². The summed E-state index contributed by atoms with van der Waals surface area (Å²) >= 11 is 5.74. The van der Waals surface area contributed by atoms with Gasteiger partial charge in [0.25, 0.3) is 0 Å². The quantitative estimate of drug-likeness (QED) is 0.603. The SMILES string of the molecule is Cl.FC(F)(F)c1ccc(C=NNc2ccc(Cl)cc2)cc1. The molecule has 0 aliphatic rings. The first-order chi connectivity index (χ1) is 9.45. The molecule has 2 nitrogen and oxygen atoms in total. The minimum absolute atomic E-state index is 0. The van der Waals surface area contributed by atoms with Gasteiger partial charge >= 0.3 is 6.18 Å². The van der Waals surface area contributed by atoms with Gasteiger partial charge in [0.1, 0.15) is 0 Å². The normalized spacial score (nSPS) is 11.2. The van der Waals surface area contributed by atoms with Crippen molar-refractivity contribution in [3.8, 4) is 0 Å². The van der Waals surface area contributed by atoms with Crippen molar-refractivity contribution in [1.82, 2.24) is 0 Å². The van der Waals surface area contributed by atoms with Crippen LogP contribution in [0.4, 0.5) is 18.9 Å². The Hall–Kier alpha value is -1.72. The lowest BCUT2D eigenvalue weighted by atomic mass is 10.1. The molecule has 0 aliphatic heterocycles. The summed E-state index contributed by atoms with van der Waals surface area (Å²) < 4.78 is 37.1. The maximum absolute atomic E-state index is 12.4. The van der Waals surface area contributed by atoms with E-state index in [1.807, 2.05) is 0 Å². The van der Waals surface area contributed by atoms with Crippen LogP contribution >= 0.6 is 24.0 Å². The van der Waals surface area contributed by atoms with Crippen molar-refractivity contribution in [2.75, 3.05) is 5.43 Å². The smallest absolute Gasteiger partial charge is 0.279 e. The fourth-order valence-electron chi connectivity index (χ4n) is 1.46. The lowest BCUT2D eigenvalue weighted by Crippen LogP contribution is -2.04. The first-order valence-corrected chi connectivity index (χ1v) is 6.05. The van der Waals surface area contributed by atoms with Gasteiger partial charge in [0.15, 0.2) is 0 Å². The Balaban J connectivity index is 0.00000220. The van der Waals surface area contributed by atoms with Crippen LogP contribution in [0.5, 0.6) is 0 Å². The second kappa shape index (κ2) is 7.33. The summed E-state index contributed by atoms with van der Waals surface area (Å²) in [6.07, 6.45) is -2.88. The zero-order valence-corrected chi connectivity index (χ0v) is 12.1. The fraction of sp³-hybridized carbons (Fsp3) is 0.0714. The largest absolute Gasteiger partial charge is 0.416 e. The van der Waals surface area contributed by atoms with Gasteiger partial charge in [0.05, 0.1) is 17.5 Å². The zero-order valence-electron chi connectivity index (χ0n) is 10.6. The molecule has 0 atom stereocenters. The molecule has 0 aliphatic carbocycles. The number of rotatable bonds is 3. The van der Waals surface area contributed by atoms with E-state index in [9.17, 15) is 13.2 Å². The molecule has 0 radical (unpaired) electrons. The molecule has 21 heavy (non-hydrogen) atoms. The summed E-state index contributed by atoms with van der Waals surface area (Å²) in [7, 11) is 0. The maximum atomic E-state index is 12.4. The molecule has 0 spiro atoms. The molecule has 0 amide bonds. The second-order valence-corrected chi connectivity index (χ2v) is 4.43. The summed E-state index contributed by atoms with van der Waals surface area (Å²) in [5, 5.41) is 4.55. The molecule has 0 saturated carbocycles. The Bertz CT molecular complexity index is 593. The molecule has 0 saturated heterocycles. The summed E-state index contributed by atoms with van der Waals surface area (Å²) in [5.74, 6) is 0. The molecule has 2 rings (SSSR count). The average Bonchev–Trinajstić information content (AvgIpc) is 2.41. The van der Waals surface area contributed by atoms with Gasteiger partial charge in [-0.2, -0.15) is 18.3 Å². The number of hydrogen-bond donors (Lipinski definition) is 1. The van der Waals surface area contributed by atoms with Crippen LogP contribution in [0.2, 0.25) is 5.02 Å². The van der Waals surface area contributed by atoms with E-state index in [1.54, 1.807) is 24.3 Å². The fourth-order valence-corrected chi connectivity index (χ4v) is 1.59. The Morgan fingerprint density at radius 2 is 1.52 bits per heavy atom. The van der Waals surface area contributed by atoms with Gasteiger partial charge in [-0.3, -0.25) is 5.43 Å². The zero-order chi connectivity index (χ0) is 14.6. The summed E-state index contributed by atoms with van der Waals surface area (Å²) in [4.78, 5) is 0. The van der Waals surface area contributed by atoms with E-state index < -0.39 is 11.7 Å². The van der Waals surface area contributed by atoms with Crippen molar-refractivity contribution in [3.05, 3.63) is 64.7 Å². The van der Waals surface area contributed by atoms with Gasteiger partial charge in [0.2, 0.25) is 0 Å². The standard InChI is InChI=1S/C14H10ClF3N2.ClH/c15-12-5-7-13(8-6-12)20-19-9-10-1-3-11(4-2-10)14(16,17)18;/h1-9,20H;1H. The maximum Gasteiger partial charge on any atom is 0.416 e. The number of nitrogens with zero attached hydrogens (tertiary/aromatic N) is 1. The van der Waals surface area contributed by atoms with Crippen LogP contribution in [0.3, 0.4) is 0 Å². The van der Waals surface area contributed by atoms with Crippen LogP contribution in [0.25, 0.3) is 0 Å². The molecule has 0 heterocycles. The Morgan fingerprint density at radius 1 is 0.952 bits per heavy atom. The summed E-state index contributed by atoms with van der Waals surface area (Å²) in [5.41, 5.74) is 3.38. The lowest BCUT2D eigenvalue weighted by molar-refractivity contribution is -0.137. The van der Waals surface area contributed by atoms with E-state index in [-0.39, 0.29) is 12.4 Å². The molecule has 1 N–H and O–H groups in total. The number of hydrazone groups is 1. The molecular formula is C14H11Cl2F3N2. The predicted octanol–water partition coefficient (Wildman–Crippen LogP) is 5.23.